The van der Waals surface area contributed by atoms with Gasteiger partial charge in [0.05, 0.1) is 5.69 Å². The second-order valence-corrected chi connectivity index (χ2v) is 11.6. The van der Waals surface area contributed by atoms with Gasteiger partial charge in [-0.05, 0) is 74.2 Å². The fraction of sp³-hybridized carbons (Fsp3) is 0.529. The van der Waals surface area contributed by atoms with Gasteiger partial charge in [0.1, 0.15) is 0 Å². The van der Waals surface area contributed by atoms with Gasteiger partial charge < -0.3 is 14.3 Å². The highest BCUT2D eigenvalue weighted by molar-refractivity contribution is 5.94. The molecule has 210 valence electrons. The maximum atomic E-state index is 13.9. The number of hydrogen-bond donors (Lipinski definition) is 0. The van der Waals surface area contributed by atoms with Crippen LogP contribution in [-0.4, -0.2) is 46.5 Å². The number of hydrogen-bond acceptors (Lipinski definition) is 4. The number of aryl methyl sites for hydroxylation is 2. The predicted molar refractivity (Wildman–Crippen MR) is 160 cm³/mol. The molecule has 0 saturated carbocycles. The SMILES string of the molecule is CCCCCc1ccc(C(=O)N(Cc2ccc(-c3cc(CC)no3)cc2)C2CCN(CCC(C)C)CC2)cc1. The number of likely N-dealkylation sites (tertiary alicyclic amines) is 1. The lowest BCUT2D eigenvalue weighted by atomic mass is 9.99. The van der Waals surface area contributed by atoms with Crippen molar-refractivity contribution in [3.05, 3.63) is 77.0 Å². The Morgan fingerprint density at radius 1 is 1.00 bits per heavy atom. The van der Waals surface area contributed by atoms with E-state index in [0.29, 0.717) is 6.54 Å². The van der Waals surface area contributed by atoms with E-state index < -0.39 is 0 Å². The van der Waals surface area contributed by atoms with E-state index in [1.165, 1.54) is 31.2 Å². The number of benzene rings is 2. The standard InChI is InChI=1S/C34H47N3O2/c1-5-7-8-9-27-10-16-30(17-11-27)34(38)37(32-19-22-36(23-20-32)21-18-26(3)4)25-28-12-14-29(15-13-28)33-24-31(6-2)35-39-33/h10-17,24,26,32H,5-9,18-23,25H2,1-4H3. The molecule has 1 aliphatic rings. The number of piperidine rings is 1. The number of carbonyl (C=O) groups is 1. The van der Waals surface area contributed by atoms with Gasteiger partial charge in [0.15, 0.2) is 5.76 Å². The van der Waals surface area contributed by atoms with E-state index in [1.807, 2.05) is 18.2 Å². The Bertz CT molecular complexity index is 1140. The number of aromatic nitrogens is 1. The molecule has 3 aromatic rings. The minimum Gasteiger partial charge on any atom is -0.356 e. The first kappa shape index (κ1) is 29.1. The molecule has 0 N–H and O–H groups in total. The summed E-state index contributed by atoms with van der Waals surface area (Å²) in [5, 5.41) is 4.12. The zero-order valence-electron chi connectivity index (χ0n) is 24.5. The summed E-state index contributed by atoms with van der Waals surface area (Å²) < 4.78 is 5.52. The third kappa shape index (κ3) is 8.28. The molecular formula is C34H47N3O2. The van der Waals surface area contributed by atoms with Crippen LogP contribution in [0.5, 0.6) is 0 Å². The Morgan fingerprint density at radius 3 is 2.31 bits per heavy atom. The summed E-state index contributed by atoms with van der Waals surface area (Å²) in [5.41, 5.74) is 5.23. The molecule has 4 rings (SSSR count). The van der Waals surface area contributed by atoms with Crippen molar-refractivity contribution in [3.8, 4) is 11.3 Å². The van der Waals surface area contributed by atoms with Crippen LogP contribution in [-0.2, 0) is 19.4 Å². The van der Waals surface area contributed by atoms with Crippen molar-refractivity contribution >= 4 is 5.91 Å². The molecule has 0 unspecified atom stereocenters. The molecular weight excluding hydrogens is 482 g/mol. The van der Waals surface area contributed by atoms with Crippen LogP contribution in [0.15, 0.2) is 59.1 Å². The summed E-state index contributed by atoms with van der Waals surface area (Å²) in [6.45, 7) is 12.8. The zero-order chi connectivity index (χ0) is 27.6. The average Bonchev–Trinajstić information content (AvgIpc) is 3.45. The van der Waals surface area contributed by atoms with E-state index in [0.717, 1.165) is 79.4 Å². The topological polar surface area (TPSA) is 49.6 Å². The fourth-order valence-electron chi connectivity index (χ4n) is 5.41. The summed E-state index contributed by atoms with van der Waals surface area (Å²) in [4.78, 5) is 18.6. The molecule has 0 radical (unpaired) electrons. The maximum Gasteiger partial charge on any atom is 0.254 e. The first-order chi connectivity index (χ1) is 19.0. The van der Waals surface area contributed by atoms with Crippen LogP contribution < -0.4 is 0 Å². The van der Waals surface area contributed by atoms with Crippen molar-refractivity contribution in [2.75, 3.05) is 19.6 Å². The van der Waals surface area contributed by atoms with Crippen molar-refractivity contribution in [1.29, 1.82) is 0 Å². The van der Waals surface area contributed by atoms with Crippen LogP contribution in [0.25, 0.3) is 11.3 Å². The lowest BCUT2D eigenvalue weighted by Gasteiger charge is -2.39. The maximum absolute atomic E-state index is 13.9. The van der Waals surface area contributed by atoms with Gasteiger partial charge in [-0.25, -0.2) is 0 Å². The molecule has 5 heteroatoms. The molecule has 1 aliphatic heterocycles. The van der Waals surface area contributed by atoms with Gasteiger partial charge in [-0.2, -0.15) is 0 Å². The molecule has 0 spiro atoms. The number of rotatable bonds is 13. The predicted octanol–water partition coefficient (Wildman–Crippen LogP) is 7.79. The number of carbonyl (C=O) groups excluding carboxylic acids is 1. The van der Waals surface area contributed by atoms with Crippen LogP contribution in [0.1, 0.15) is 93.4 Å². The Morgan fingerprint density at radius 2 is 1.69 bits per heavy atom. The molecule has 2 aromatic carbocycles. The largest absolute Gasteiger partial charge is 0.356 e. The van der Waals surface area contributed by atoms with E-state index >= 15 is 0 Å². The van der Waals surface area contributed by atoms with Gasteiger partial charge in [0.2, 0.25) is 0 Å². The summed E-state index contributed by atoms with van der Waals surface area (Å²) in [7, 11) is 0. The van der Waals surface area contributed by atoms with E-state index in [4.69, 9.17) is 4.52 Å². The van der Waals surface area contributed by atoms with E-state index in [-0.39, 0.29) is 11.9 Å². The smallest absolute Gasteiger partial charge is 0.254 e. The third-order valence-electron chi connectivity index (χ3n) is 8.06. The molecule has 0 atom stereocenters. The van der Waals surface area contributed by atoms with Crippen molar-refractivity contribution in [2.24, 2.45) is 5.92 Å². The minimum atomic E-state index is 0.141. The Balaban J connectivity index is 1.48. The van der Waals surface area contributed by atoms with Crippen LogP contribution >= 0.6 is 0 Å². The molecule has 0 bridgehead atoms. The molecule has 5 nitrogen and oxygen atoms in total. The van der Waals surface area contributed by atoms with Crippen LogP contribution in [0.2, 0.25) is 0 Å². The van der Waals surface area contributed by atoms with Crippen molar-refractivity contribution < 1.29 is 9.32 Å². The summed E-state index contributed by atoms with van der Waals surface area (Å²) in [6.07, 6.45) is 8.89. The Hall–Kier alpha value is -2.92. The fourth-order valence-corrected chi connectivity index (χ4v) is 5.41. The second kappa shape index (κ2) is 14.5. The first-order valence-corrected chi connectivity index (χ1v) is 15.1. The van der Waals surface area contributed by atoms with Gasteiger partial charge in [-0.15, -0.1) is 0 Å². The van der Waals surface area contributed by atoms with Crippen molar-refractivity contribution in [3.63, 3.8) is 0 Å². The number of amides is 1. The summed E-state index contributed by atoms with van der Waals surface area (Å²) in [6, 6.07) is 19.0. The highest BCUT2D eigenvalue weighted by Crippen LogP contribution is 2.25. The van der Waals surface area contributed by atoms with Gasteiger partial charge >= 0.3 is 0 Å². The minimum absolute atomic E-state index is 0.141. The molecule has 0 aliphatic carbocycles. The Labute approximate surface area is 235 Å². The molecule has 1 saturated heterocycles. The summed E-state index contributed by atoms with van der Waals surface area (Å²) >= 11 is 0. The van der Waals surface area contributed by atoms with Crippen molar-refractivity contribution in [2.45, 2.75) is 91.6 Å². The molecule has 1 amide bonds. The third-order valence-corrected chi connectivity index (χ3v) is 8.06. The van der Waals surface area contributed by atoms with Gasteiger partial charge in [-0.3, -0.25) is 4.79 Å². The van der Waals surface area contributed by atoms with Crippen molar-refractivity contribution in [1.82, 2.24) is 15.0 Å². The van der Waals surface area contributed by atoms with Crippen LogP contribution in [0, 0.1) is 5.92 Å². The number of unbranched alkanes of at least 4 members (excludes halogenated alkanes) is 2. The quantitative estimate of drug-likeness (QED) is 0.212. The highest BCUT2D eigenvalue weighted by Gasteiger charge is 2.29. The second-order valence-electron chi connectivity index (χ2n) is 11.6. The molecule has 1 aromatic heterocycles. The normalized spacial score (nSPS) is 14.7. The van der Waals surface area contributed by atoms with Gasteiger partial charge in [0.25, 0.3) is 5.91 Å². The molecule has 1 fully saturated rings. The monoisotopic (exact) mass is 529 g/mol. The number of nitrogens with zero attached hydrogens (tertiary/aromatic N) is 3. The summed E-state index contributed by atoms with van der Waals surface area (Å²) in [5.74, 6) is 1.65. The van der Waals surface area contributed by atoms with E-state index in [9.17, 15) is 4.79 Å². The lowest BCUT2D eigenvalue weighted by Crippen LogP contribution is -2.47. The average molecular weight is 530 g/mol. The lowest BCUT2D eigenvalue weighted by molar-refractivity contribution is 0.0546. The van der Waals surface area contributed by atoms with Crippen LogP contribution in [0.3, 0.4) is 0 Å². The van der Waals surface area contributed by atoms with E-state index in [2.05, 4.69) is 79.0 Å². The first-order valence-electron chi connectivity index (χ1n) is 15.1. The Kier molecular flexibility index (Phi) is 10.8. The molecule has 39 heavy (non-hydrogen) atoms. The van der Waals surface area contributed by atoms with Gasteiger partial charge in [-0.1, -0.05) is 82.1 Å². The highest BCUT2D eigenvalue weighted by atomic mass is 16.5. The van der Waals surface area contributed by atoms with Crippen LogP contribution in [0.4, 0.5) is 0 Å². The van der Waals surface area contributed by atoms with Gasteiger partial charge in [0, 0.05) is 42.9 Å². The molecule has 2 heterocycles. The van der Waals surface area contributed by atoms with E-state index in [1.54, 1.807) is 0 Å². The zero-order valence-corrected chi connectivity index (χ0v) is 24.5.